The molecule has 0 unspecified atom stereocenters. The molecule has 0 fully saturated rings. The number of nitro benzene ring substituents is 1. The van der Waals surface area contributed by atoms with Crippen molar-refractivity contribution in [2.45, 2.75) is 6.42 Å². The molecule has 2 aromatic rings. The standard InChI is InChI=1S/C17H17BrN4O3/c1-21(2)16-8-7-12(9-14(16)18)11-19-20-17(23)10-13-5-3-4-6-15(13)22(24)25/h3-9,11H,10H2,1-2H3,(H,20,23). The van der Waals surface area contributed by atoms with Crippen LogP contribution < -0.4 is 10.3 Å². The number of hydrogen-bond acceptors (Lipinski definition) is 5. The zero-order chi connectivity index (χ0) is 18.4. The lowest BCUT2D eigenvalue weighted by atomic mass is 10.1. The summed E-state index contributed by atoms with van der Waals surface area (Å²) in [6.07, 6.45) is 1.40. The Bertz CT molecular complexity index is 821. The van der Waals surface area contributed by atoms with Crippen molar-refractivity contribution in [2.75, 3.05) is 19.0 Å². The molecule has 130 valence electrons. The number of nitrogens with zero attached hydrogens (tertiary/aromatic N) is 3. The van der Waals surface area contributed by atoms with Gasteiger partial charge in [-0.1, -0.05) is 24.3 Å². The molecule has 0 saturated carbocycles. The van der Waals surface area contributed by atoms with Crippen molar-refractivity contribution in [2.24, 2.45) is 5.10 Å². The first-order valence-corrected chi connectivity index (χ1v) is 8.19. The minimum Gasteiger partial charge on any atom is -0.377 e. The first-order chi connectivity index (χ1) is 11.9. The second-order valence-corrected chi connectivity index (χ2v) is 6.32. The summed E-state index contributed by atoms with van der Waals surface area (Å²) < 4.78 is 0.910. The maximum Gasteiger partial charge on any atom is 0.273 e. The van der Waals surface area contributed by atoms with Crippen molar-refractivity contribution in [1.29, 1.82) is 0 Å². The van der Waals surface area contributed by atoms with E-state index in [4.69, 9.17) is 0 Å². The van der Waals surface area contributed by atoms with Crippen molar-refractivity contribution in [1.82, 2.24) is 5.43 Å². The number of anilines is 1. The summed E-state index contributed by atoms with van der Waals surface area (Å²) in [5.41, 5.74) is 4.49. The van der Waals surface area contributed by atoms with Crippen molar-refractivity contribution < 1.29 is 9.72 Å². The van der Waals surface area contributed by atoms with Crippen molar-refractivity contribution in [3.63, 3.8) is 0 Å². The third-order valence-electron chi connectivity index (χ3n) is 3.40. The van der Waals surface area contributed by atoms with Crippen LogP contribution in [-0.2, 0) is 11.2 Å². The number of para-hydroxylation sites is 1. The number of nitro groups is 1. The lowest BCUT2D eigenvalue weighted by molar-refractivity contribution is -0.385. The van der Waals surface area contributed by atoms with E-state index >= 15 is 0 Å². The number of carbonyl (C=O) groups excluding carboxylic acids is 1. The smallest absolute Gasteiger partial charge is 0.273 e. The van der Waals surface area contributed by atoms with Crippen molar-refractivity contribution >= 4 is 39.4 Å². The number of carbonyl (C=O) groups is 1. The van der Waals surface area contributed by atoms with Crippen LogP contribution in [-0.4, -0.2) is 31.1 Å². The molecule has 0 aliphatic carbocycles. The van der Waals surface area contributed by atoms with Gasteiger partial charge in [0.15, 0.2) is 0 Å². The number of hydrogen-bond donors (Lipinski definition) is 1. The highest BCUT2D eigenvalue weighted by atomic mass is 79.9. The van der Waals surface area contributed by atoms with Crippen LogP contribution in [0.25, 0.3) is 0 Å². The monoisotopic (exact) mass is 404 g/mol. The fraction of sp³-hybridized carbons (Fsp3) is 0.176. The zero-order valence-electron chi connectivity index (χ0n) is 13.8. The van der Waals surface area contributed by atoms with Crippen LogP contribution in [0.1, 0.15) is 11.1 Å². The minimum absolute atomic E-state index is 0.0789. The van der Waals surface area contributed by atoms with Crippen LogP contribution in [0.3, 0.4) is 0 Å². The molecule has 0 saturated heterocycles. The topological polar surface area (TPSA) is 87.8 Å². The molecule has 8 heteroatoms. The van der Waals surface area contributed by atoms with E-state index in [-0.39, 0.29) is 12.1 Å². The SMILES string of the molecule is CN(C)c1ccc(C=NNC(=O)Cc2ccccc2[N+](=O)[O-])cc1Br. The summed E-state index contributed by atoms with van der Waals surface area (Å²) in [6.45, 7) is 0. The van der Waals surface area contributed by atoms with Crippen molar-refractivity contribution in [3.8, 4) is 0 Å². The van der Waals surface area contributed by atoms with E-state index < -0.39 is 10.8 Å². The summed E-state index contributed by atoms with van der Waals surface area (Å²) in [4.78, 5) is 24.3. The van der Waals surface area contributed by atoms with Gasteiger partial charge in [0.25, 0.3) is 5.69 Å². The molecule has 2 aromatic carbocycles. The molecule has 25 heavy (non-hydrogen) atoms. The maximum absolute atomic E-state index is 11.9. The van der Waals surface area contributed by atoms with E-state index in [0.29, 0.717) is 5.56 Å². The number of nitrogens with one attached hydrogen (secondary N) is 1. The molecule has 0 aliphatic rings. The molecular formula is C17H17BrN4O3. The van der Waals surface area contributed by atoms with E-state index in [2.05, 4.69) is 26.5 Å². The first kappa shape index (κ1) is 18.6. The lowest BCUT2D eigenvalue weighted by Gasteiger charge is -2.14. The van der Waals surface area contributed by atoms with Gasteiger partial charge in [0.05, 0.1) is 23.2 Å². The van der Waals surface area contributed by atoms with Gasteiger partial charge in [0.2, 0.25) is 5.91 Å². The number of rotatable bonds is 6. The van der Waals surface area contributed by atoms with E-state index in [1.54, 1.807) is 18.2 Å². The predicted octanol–water partition coefficient (Wildman–Crippen LogP) is 3.12. The molecule has 0 aliphatic heterocycles. The fourth-order valence-electron chi connectivity index (χ4n) is 2.20. The second kappa shape index (κ2) is 8.39. The van der Waals surface area contributed by atoms with Gasteiger partial charge in [-0.15, -0.1) is 0 Å². The molecule has 0 radical (unpaired) electrons. The van der Waals surface area contributed by atoms with E-state index in [1.165, 1.54) is 12.3 Å². The molecule has 0 bridgehead atoms. The Kier molecular flexibility index (Phi) is 6.24. The van der Waals surface area contributed by atoms with E-state index in [9.17, 15) is 14.9 Å². The molecule has 0 heterocycles. The van der Waals surface area contributed by atoms with Crippen LogP contribution in [0.15, 0.2) is 52.0 Å². The normalized spacial score (nSPS) is 10.7. The number of halogens is 1. The van der Waals surface area contributed by atoms with Gasteiger partial charge in [-0.25, -0.2) is 5.43 Å². The quantitative estimate of drug-likeness (QED) is 0.455. The van der Waals surface area contributed by atoms with Gasteiger partial charge in [-0.05, 0) is 33.6 Å². The number of amides is 1. The molecule has 1 amide bonds. The third-order valence-corrected chi connectivity index (χ3v) is 4.03. The summed E-state index contributed by atoms with van der Waals surface area (Å²) in [5, 5.41) is 14.8. The van der Waals surface area contributed by atoms with Crippen molar-refractivity contribution in [3.05, 3.63) is 68.2 Å². The summed E-state index contributed by atoms with van der Waals surface area (Å²) >= 11 is 3.48. The summed E-state index contributed by atoms with van der Waals surface area (Å²) in [5.74, 6) is -0.422. The van der Waals surface area contributed by atoms with E-state index in [0.717, 1.165) is 15.7 Å². The molecule has 0 aromatic heterocycles. The van der Waals surface area contributed by atoms with Gasteiger partial charge >= 0.3 is 0 Å². The van der Waals surface area contributed by atoms with Crippen LogP contribution in [0.5, 0.6) is 0 Å². The van der Waals surface area contributed by atoms with Crippen LogP contribution in [0.4, 0.5) is 11.4 Å². The average Bonchev–Trinajstić information content (AvgIpc) is 2.54. The second-order valence-electron chi connectivity index (χ2n) is 5.46. The number of hydrazone groups is 1. The van der Waals surface area contributed by atoms with Crippen LogP contribution in [0.2, 0.25) is 0 Å². The maximum atomic E-state index is 11.9. The van der Waals surface area contributed by atoms with Gasteiger partial charge in [0, 0.05) is 30.2 Å². The fourth-order valence-corrected chi connectivity index (χ4v) is 2.95. The molecule has 2 rings (SSSR count). The first-order valence-electron chi connectivity index (χ1n) is 7.39. The Hall–Kier alpha value is -2.74. The molecule has 1 N–H and O–H groups in total. The Morgan fingerprint density at radius 3 is 2.68 bits per heavy atom. The Morgan fingerprint density at radius 2 is 2.04 bits per heavy atom. The van der Waals surface area contributed by atoms with E-state index in [1.807, 2.05) is 37.2 Å². The van der Waals surface area contributed by atoms with Gasteiger partial charge in [0.1, 0.15) is 0 Å². The zero-order valence-corrected chi connectivity index (χ0v) is 15.4. The molecule has 0 spiro atoms. The molecular weight excluding hydrogens is 388 g/mol. The third kappa shape index (κ3) is 5.12. The summed E-state index contributed by atoms with van der Waals surface area (Å²) in [6, 6.07) is 11.8. The van der Waals surface area contributed by atoms with Gasteiger partial charge in [-0.2, -0.15) is 5.10 Å². The van der Waals surface area contributed by atoms with Gasteiger partial charge < -0.3 is 4.90 Å². The highest BCUT2D eigenvalue weighted by Gasteiger charge is 2.15. The van der Waals surface area contributed by atoms with Gasteiger partial charge in [-0.3, -0.25) is 14.9 Å². The molecule has 0 atom stereocenters. The van der Waals surface area contributed by atoms with Crippen LogP contribution >= 0.6 is 15.9 Å². The average molecular weight is 405 g/mol. The minimum atomic E-state index is -0.504. The summed E-state index contributed by atoms with van der Waals surface area (Å²) in [7, 11) is 3.88. The Morgan fingerprint density at radius 1 is 1.32 bits per heavy atom. The lowest BCUT2D eigenvalue weighted by Crippen LogP contribution is -2.20. The Labute approximate surface area is 153 Å². The highest BCUT2D eigenvalue weighted by molar-refractivity contribution is 9.10. The Balaban J connectivity index is 2.00. The highest BCUT2D eigenvalue weighted by Crippen LogP contribution is 2.25. The number of benzene rings is 2. The predicted molar refractivity (Wildman–Crippen MR) is 101 cm³/mol. The molecule has 7 nitrogen and oxygen atoms in total. The largest absolute Gasteiger partial charge is 0.377 e. The van der Waals surface area contributed by atoms with Crippen LogP contribution in [0, 0.1) is 10.1 Å².